The predicted molar refractivity (Wildman–Crippen MR) is 256 cm³/mol. The van der Waals surface area contributed by atoms with Gasteiger partial charge in [-0.05, 0) is 135 Å². The van der Waals surface area contributed by atoms with Crippen LogP contribution in [0.25, 0.3) is 11.1 Å². The first kappa shape index (κ1) is 39.0. The first-order valence-electron chi connectivity index (χ1n) is 22.3. The van der Waals surface area contributed by atoms with E-state index < -0.39 is 5.60 Å². The smallest absolute Gasteiger partial charge is 0.296 e. The number of benzene rings is 5. The fourth-order valence-corrected chi connectivity index (χ4v) is 10.9. The standard InChI is InChI=1S/C56H61BN2O/c1-35-30-47-49-48(31-35)59(45-21-17-16-20-40(45)36-18-14-13-15-19-36)46-34-42-41(54(8,9)28-29-55(42,10)11)33-44(46)57(49)51-50(58(47)39-24-22-37(23-25-39)52(2,3)4)43-32-38(53(5,6)7)26-27-56(43,12)60-51/h13-27,30-34,43H,28-29H2,1-12H3. The number of rotatable bonds is 3. The van der Waals surface area contributed by atoms with Crippen LogP contribution in [0.4, 0.5) is 28.4 Å². The van der Waals surface area contributed by atoms with Crippen molar-refractivity contribution in [3.63, 3.8) is 0 Å². The molecule has 2 atom stereocenters. The van der Waals surface area contributed by atoms with Crippen LogP contribution in [0.1, 0.15) is 111 Å². The van der Waals surface area contributed by atoms with Gasteiger partial charge in [-0.25, -0.2) is 0 Å². The molecule has 10 rings (SSSR count). The minimum atomic E-state index is -0.535. The largest absolute Gasteiger partial charge is 0.494 e. The van der Waals surface area contributed by atoms with Gasteiger partial charge in [0.1, 0.15) is 5.60 Å². The van der Waals surface area contributed by atoms with Gasteiger partial charge in [0.05, 0.1) is 23.0 Å². The minimum Gasteiger partial charge on any atom is -0.494 e. The van der Waals surface area contributed by atoms with Gasteiger partial charge in [0.15, 0.2) is 0 Å². The molecular formula is C56H61BN2O. The van der Waals surface area contributed by atoms with E-state index in [1.54, 1.807) is 0 Å². The van der Waals surface area contributed by atoms with Gasteiger partial charge < -0.3 is 14.5 Å². The van der Waals surface area contributed by atoms with Gasteiger partial charge in [0, 0.05) is 28.3 Å². The molecular weight excluding hydrogens is 727 g/mol. The van der Waals surface area contributed by atoms with Gasteiger partial charge in [0.25, 0.3) is 6.71 Å². The number of nitrogens with zero attached hydrogens (tertiary/aromatic N) is 2. The van der Waals surface area contributed by atoms with Gasteiger partial charge in [-0.1, -0.05) is 148 Å². The summed E-state index contributed by atoms with van der Waals surface area (Å²) in [6.07, 6.45) is 9.54. The Labute approximate surface area is 360 Å². The lowest BCUT2D eigenvalue weighted by Crippen LogP contribution is -2.56. The molecule has 3 heterocycles. The quantitative estimate of drug-likeness (QED) is 0.169. The third-order valence-electron chi connectivity index (χ3n) is 14.6. The van der Waals surface area contributed by atoms with Crippen LogP contribution in [-0.4, -0.2) is 12.3 Å². The topological polar surface area (TPSA) is 15.7 Å². The van der Waals surface area contributed by atoms with Crippen LogP contribution in [0.15, 0.2) is 138 Å². The molecule has 0 aromatic heterocycles. The van der Waals surface area contributed by atoms with Gasteiger partial charge in [-0.3, -0.25) is 0 Å². The van der Waals surface area contributed by atoms with Crippen molar-refractivity contribution >= 4 is 46.1 Å². The maximum atomic E-state index is 7.64. The van der Waals surface area contributed by atoms with Crippen LogP contribution in [-0.2, 0) is 21.0 Å². The zero-order valence-electron chi connectivity index (χ0n) is 37.9. The van der Waals surface area contributed by atoms with E-state index >= 15 is 0 Å². The highest BCUT2D eigenvalue weighted by molar-refractivity contribution is 6.94. The van der Waals surface area contributed by atoms with E-state index in [0.717, 1.165) is 18.5 Å². The van der Waals surface area contributed by atoms with Crippen LogP contribution in [0.3, 0.4) is 0 Å². The zero-order valence-corrected chi connectivity index (χ0v) is 37.9. The number of fused-ring (bicyclic) bond motifs is 6. The van der Waals surface area contributed by atoms with Crippen molar-refractivity contribution in [2.45, 2.75) is 118 Å². The molecule has 3 aliphatic heterocycles. The molecule has 2 unspecified atom stereocenters. The molecule has 5 aromatic rings. The molecule has 0 saturated heterocycles. The number of hydrogen-bond acceptors (Lipinski definition) is 3. The van der Waals surface area contributed by atoms with Crippen molar-refractivity contribution in [1.82, 2.24) is 0 Å². The number of allylic oxidation sites excluding steroid dienone is 2. The molecule has 2 aliphatic carbocycles. The summed E-state index contributed by atoms with van der Waals surface area (Å²) in [5.41, 5.74) is 20.0. The van der Waals surface area contributed by atoms with Gasteiger partial charge >= 0.3 is 0 Å². The van der Waals surface area contributed by atoms with Crippen molar-refractivity contribution in [1.29, 1.82) is 0 Å². The van der Waals surface area contributed by atoms with Crippen molar-refractivity contribution in [2.24, 2.45) is 11.3 Å². The van der Waals surface area contributed by atoms with E-state index in [9.17, 15) is 0 Å². The molecule has 4 heteroatoms. The van der Waals surface area contributed by atoms with E-state index in [4.69, 9.17) is 4.74 Å². The number of ether oxygens (including phenoxy) is 1. The van der Waals surface area contributed by atoms with Crippen molar-refractivity contribution in [3.05, 3.63) is 161 Å². The van der Waals surface area contributed by atoms with Gasteiger partial charge in [-0.15, -0.1) is 0 Å². The summed E-state index contributed by atoms with van der Waals surface area (Å²) in [5, 5.41) is 0. The molecule has 0 spiro atoms. The fraction of sp³-hybridized carbons (Fsp3) is 0.357. The Morgan fingerprint density at radius 3 is 1.92 bits per heavy atom. The average Bonchev–Trinajstić information content (AvgIpc) is 3.50. The molecule has 304 valence electrons. The third kappa shape index (κ3) is 5.83. The Kier molecular flexibility index (Phi) is 8.37. The summed E-state index contributed by atoms with van der Waals surface area (Å²) >= 11 is 0. The highest BCUT2D eigenvalue weighted by atomic mass is 16.5. The molecule has 0 amide bonds. The Balaban J connectivity index is 1.33. The van der Waals surface area contributed by atoms with Crippen LogP contribution in [0, 0.1) is 18.3 Å². The van der Waals surface area contributed by atoms with E-state index in [2.05, 4.69) is 214 Å². The zero-order chi connectivity index (χ0) is 42.3. The molecule has 5 aromatic carbocycles. The lowest BCUT2D eigenvalue weighted by Gasteiger charge is -2.47. The number of hydrogen-bond donors (Lipinski definition) is 0. The highest BCUT2D eigenvalue weighted by Gasteiger charge is 2.57. The summed E-state index contributed by atoms with van der Waals surface area (Å²) < 4.78 is 7.64. The fourth-order valence-electron chi connectivity index (χ4n) is 10.9. The molecule has 0 bridgehead atoms. The number of para-hydroxylation sites is 1. The molecule has 5 aliphatic rings. The normalized spacial score (nSPS) is 22.0. The monoisotopic (exact) mass is 788 g/mol. The summed E-state index contributed by atoms with van der Waals surface area (Å²) in [5.74, 6) is 0.0272. The second kappa shape index (κ2) is 12.9. The van der Waals surface area contributed by atoms with Gasteiger partial charge in [-0.2, -0.15) is 0 Å². The minimum absolute atomic E-state index is 0.00179. The SMILES string of the molecule is Cc1cc2c3c(c1)N(c1ccccc1-c1ccccc1)c1cc4c(cc1B3C1=C(C3C=C(C(C)(C)C)C=CC3(C)O1)N2c1ccc(C(C)(C)C)cc1)C(C)(C)CCC4(C)C. The van der Waals surface area contributed by atoms with E-state index in [-0.39, 0.29) is 34.3 Å². The van der Waals surface area contributed by atoms with E-state index in [1.165, 1.54) is 84.0 Å². The van der Waals surface area contributed by atoms with Crippen molar-refractivity contribution < 1.29 is 4.74 Å². The van der Waals surface area contributed by atoms with E-state index in [0.29, 0.717) is 0 Å². The van der Waals surface area contributed by atoms with E-state index in [1.807, 2.05) is 0 Å². The maximum Gasteiger partial charge on any atom is 0.296 e. The maximum absolute atomic E-state index is 7.64. The summed E-state index contributed by atoms with van der Waals surface area (Å²) in [4.78, 5) is 5.21. The number of aryl methyl sites for hydroxylation is 1. The Morgan fingerprint density at radius 1 is 0.650 bits per heavy atom. The highest BCUT2D eigenvalue weighted by Crippen LogP contribution is 2.56. The van der Waals surface area contributed by atoms with Crippen molar-refractivity contribution in [3.8, 4) is 11.1 Å². The molecule has 0 saturated carbocycles. The van der Waals surface area contributed by atoms with Crippen LogP contribution < -0.4 is 20.7 Å². The molecule has 0 radical (unpaired) electrons. The average molecular weight is 789 g/mol. The third-order valence-corrected chi connectivity index (χ3v) is 14.6. The second-order valence-corrected chi connectivity index (χ2v) is 21.9. The Bertz CT molecular complexity index is 2680. The van der Waals surface area contributed by atoms with Crippen LogP contribution in [0.2, 0.25) is 0 Å². The lowest BCUT2D eigenvalue weighted by atomic mass is 9.35. The summed E-state index contributed by atoms with van der Waals surface area (Å²) in [6, 6.07) is 39.4. The molecule has 0 fully saturated rings. The van der Waals surface area contributed by atoms with Crippen LogP contribution in [0.5, 0.6) is 0 Å². The Morgan fingerprint density at radius 2 is 1.27 bits per heavy atom. The Hall–Kier alpha value is -5.22. The second-order valence-electron chi connectivity index (χ2n) is 21.9. The van der Waals surface area contributed by atoms with Crippen molar-refractivity contribution in [2.75, 3.05) is 9.80 Å². The molecule has 3 nitrogen and oxygen atoms in total. The molecule has 60 heavy (non-hydrogen) atoms. The lowest BCUT2D eigenvalue weighted by molar-refractivity contribution is 0.0774. The van der Waals surface area contributed by atoms with Gasteiger partial charge in [0.2, 0.25) is 0 Å². The van der Waals surface area contributed by atoms with Crippen LogP contribution >= 0.6 is 0 Å². The summed E-state index contributed by atoms with van der Waals surface area (Å²) in [6.45, 7) is 28.2. The predicted octanol–water partition coefficient (Wildman–Crippen LogP) is 13.6. The summed E-state index contributed by atoms with van der Waals surface area (Å²) in [7, 11) is 0. The first-order valence-corrected chi connectivity index (χ1v) is 22.3. The first-order chi connectivity index (χ1) is 28.3. The number of anilines is 5. The molecule has 0 N–H and O–H groups in total.